The maximum atomic E-state index is 12.5. The van der Waals surface area contributed by atoms with E-state index in [1.54, 1.807) is 0 Å². The lowest BCUT2D eigenvalue weighted by Crippen LogP contribution is -2.35. The van der Waals surface area contributed by atoms with E-state index in [-0.39, 0.29) is 30.4 Å². The third kappa shape index (κ3) is 5.35. The SMILES string of the molecule is CC(=O)c1c[nH]c(C(=O)NC[C@H](O)COc2ccc(C(F)(F)F)cc2)c1. The number of hydrogen-bond donors (Lipinski definition) is 3. The van der Waals surface area contributed by atoms with Crippen LogP contribution >= 0.6 is 0 Å². The van der Waals surface area contributed by atoms with Crippen LogP contribution in [0.25, 0.3) is 0 Å². The molecule has 140 valence electrons. The van der Waals surface area contributed by atoms with Gasteiger partial charge < -0.3 is 20.1 Å². The molecule has 0 aliphatic heterocycles. The van der Waals surface area contributed by atoms with Gasteiger partial charge in [0, 0.05) is 18.3 Å². The summed E-state index contributed by atoms with van der Waals surface area (Å²) in [4.78, 5) is 25.7. The number of halogens is 3. The van der Waals surface area contributed by atoms with E-state index in [9.17, 15) is 27.9 Å². The highest BCUT2D eigenvalue weighted by atomic mass is 19.4. The van der Waals surface area contributed by atoms with Crippen LogP contribution in [-0.2, 0) is 6.18 Å². The van der Waals surface area contributed by atoms with Crippen molar-refractivity contribution in [2.45, 2.75) is 19.2 Å². The average Bonchev–Trinajstić information content (AvgIpc) is 3.08. The highest BCUT2D eigenvalue weighted by Gasteiger charge is 2.30. The van der Waals surface area contributed by atoms with Crippen molar-refractivity contribution in [3.05, 3.63) is 53.3 Å². The maximum absolute atomic E-state index is 12.5. The average molecular weight is 370 g/mol. The topological polar surface area (TPSA) is 91.4 Å². The summed E-state index contributed by atoms with van der Waals surface area (Å²) in [5, 5.41) is 12.3. The maximum Gasteiger partial charge on any atom is 0.416 e. The number of carbonyl (C=O) groups excluding carboxylic acids is 2. The molecule has 0 radical (unpaired) electrons. The van der Waals surface area contributed by atoms with Gasteiger partial charge >= 0.3 is 6.18 Å². The second-order valence-corrected chi connectivity index (χ2v) is 5.56. The van der Waals surface area contributed by atoms with Crippen molar-refractivity contribution in [2.75, 3.05) is 13.2 Å². The van der Waals surface area contributed by atoms with Crippen LogP contribution in [0.1, 0.15) is 33.3 Å². The molecule has 9 heteroatoms. The van der Waals surface area contributed by atoms with Crippen molar-refractivity contribution < 1.29 is 32.6 Å². The van der Waals surface area contributed by atoms with Crippen LogP contribution in [-0.4, -0.2) is 41.0 Å². The fourth-order valence-corrected chi connectivity index (χ4v) is 2.03. The van der Waals surface area contributed by atoms with Gasteiger partial charge in [-0.05, 0) is 37.3 Å². The van der Waals surface area contributed by atoms with Gasteiger partial charge in [-0.2, -0.15) is 13.2 Å². The Bertz CT molecular complexity index is 769. The number of ketones is 1. The number of ether oxygens (including phenoxy) is 1. The first-order valence-corrected chi connectivity index (χ1v) is 7.62. The summed E-state index contributed by atoms with van der Waals surface area (Å²) in [5.41, 5.74) is -0.263. The zero-order valence-corrected chi connectivity index (χ0v) is 13.8. The molecule has 1 aromatic heterocycles. The first-order valence-electron chi connectivity index (χ1n) is 7.62. The number of nitrogens with one attached hydrogen (secondary N) is 2. The highest BCUT2D eigenvalue weighted by molar-refractivity contribution is 5.99. The van der Waals surface area contributed by atoms with Gasteiger partial charge in [-0.15, -0.1) is 0 Å². The lowest BCUT2D eigenvalue weighted by molar-refractivity contribution is -0.137. The Labute approximate surface area is 147 Å². The lowest BCUT2D eigenvalue weighted by atomic mass is 10.2. The number of aromatic amines is 1. The van der Waals surface area contributed by atoms with Gasteiger partial charge in [0.2, 0.25) is 0 Å². The molecule has 0 aliphatic rings. The summed E-state index contributed by atoms with van der Waals surface area (Å²) >= 11 is 0. The Morgan fingerprint density at radius 1 is 1.27 bits per heavy atom. The quantitative estimate of drug-likeness (QED) is 0.653. The van der Waals surface area contributed by atoms with Crippen molar-refractivity contribution in [2.24, 2.45) is 0 Å². The van der Waals surface area contributed by atoms with Gasteiger partial charge in [-0.25, -0.2) is 0 Å². The predicted octanol–water partition coefficient (Wildman–Crippen LogP) is 2.41. The van der Waals surface area contributed by atoms with E-state index in [4.69, 9.17) is 4.74 Å². The molecule has 2 aromatic rings. The Kier molecular flexibility index (Phi) is 6.04. The van der Waals surface area contributed by atoms with Crippen molar-refractivity contribution in [3.8, 4) is 5.75 Å². The largest absolute Gasteiger partial charge is 0.491 e. The Morgan fingerprint density at radius 2 is 1.92 bits per heavy atom. The summed E-state index contributed by atoms with van der Waals surface area (Å²) in [6.07, 6.45) is -4.09. The molecule has 0 saturated heterocycles. The number of Topliss-reactive ketones (excluding diaryl/α,β-unsaturated/α-hetero) is 1. The fraction of sp³-hybridized carbons (Fsp3) is 0.294. The van der Waals surface area contributed by atoms with Gasteiger partial charge in [0.1, 0.15) is 24.2 Å². The molecular weight excluding hydrogens is 353 g/mol. The minimum absolute atomic E-state index is 0.131. The highest BCUT2D eigenvalue weighted by Crippen LogP contribution is 2.30. The van der Waals surface area contributed by atoms with Crippen LogP contribution in [0.4, 0.5) is 13.2 Å². The van der Waals surface area contributed by atoms with E-state index in [1.165, 1.54) is 19.2 Å². The molecule has 1 heterocycles. The number of aliphatic hydroxyl groups is 1. The Balaban J connectivity index is 1.78. The van der Waals surface area contributed by atoms with Gasteiger partial charge in [0.25, 0.3) is 5.91 Å². The number of amides is 1. The number of H-pyrrole nitrogens is 1. The number of aliphatic hydroxyl groups excluding tert-OH is 1. The molecule has 0 bridgehead atoms. The summed E-state index contributed by atoms with van der Waals surface area (Å²) in [7, 11) is 0. The summed E-state index contributed by atoms with van der Waals surface area (Å²) in [6.45, 7) is 1.02. The second kappa shape index (κ2) is 8.05. The zero-order chi connectivity index (χ0) is 19.3. The normalized spacial score (nSPS) is 12.5. The first kappa shape index (κ1) is 19.5. The Morgan fingerprint density at radius 3 is 2.46 bits per heavy atom. The van der Waals surface area contributed by atoms with Crippen molar-refractivity contribution in [3.63, 3.8) is 0 Å². The fourth-order valence-electron chi connectivity index (χ4n) is 2.03. The smallest absolute Gasteiger partial charge is 0.416 e. The Hall–Kier alpha value is -2.81. The summed E-state index contributed by atoms with van der Waals surface area (Å²) in [6, 6.07) is 5.44. The van der Waals surface area contributed by atoms with Crippen LogP contribution in [0, 0.1) is 0 Å². The minimum atomic E-state index is -4.43. The number of aromatic nitrogens is 1. The molecule has 0 fully saturated rings. The van der Waals surface area contributed by atoms with Gasteiger partial charge in [-0.1, -0.05) is 0 Å². The molecule has 0 unspecified atom stereocenters. The first-order chi connectivity index (χ1) is 12.2. The number of alkyl halides is 3. The molecule has 3 N–H and O–H groups in total. The van der Waals surface area contributed by atoms with E-state index < -0.39 is 23.8 Å². The van der Waals surface area contributed by atoms with Gasteiger partial charge in [0.15, 0.2) is 5.78 Å². The molecule has 1 atom stereocenters. The monoisotopic (exact) mass is 370 g/mol. The minimum Gasteiger partial charge on any atom is -0.491 e. The van der Waals surface area contributed by atoms with Gasteiger partial charge in [0.05, 0.1) is 5.56 Å². The number of hydrogen-bond acceptors (Lipinski definition) is 4. The summed E-state index contributed by atoms with van der Waals surface area (Å²) < 4.78 is 42.5. The second-order valence-electron chi connectivity index (χ2n) is 5.56. The molecule has 0 spiro atoms. The van der Waals surface area contributed by atoms with Crippen LogP contribution in [0.15, 0.2) is 36.5 Å². The van der Waals surface area contributed by atoms with Crippen LogP contribution in [0.3, 0.4) is 0 Å². The molecule has 1 aromatic carbocycles. The van der Waals surface area contributed by atoms with Gasteiger partial charge in [-0.3, -0.25) is 9.59 Å². The number of rotatable bonds is 7. The number of carbonyl (C=O) groups is 2. The van der Waals surface area contributed by atoms with E-state index >= 15 is 0 Å². The molecule has 26 heavy (non-hydrogen) atoms. The zero-order valence-electron chi connectivity index (χ0n) is 13.8. The predicted molar refractivity (Wildman–Crippen MR) is 86.1 cm³/mol. The molecule has 6 nitrogen and oxygen atoms in total. The third-order valence-corrected chi connectivity index (χ3v) is 3.46. The van der Waals surface area contributed by atoms with Crippen LogP contribution < -0.4 is 10.1 Å². The number of benzene rings is 1. The molecule has 1 amide bonds. The molecular formula is C17H17F3N2O4. The van der Waals surface area contributed by atoms with Crippen LogP contribution in [0.2, 0.25) is 0 Å². The van der Waals surface area contributed by atoms with Crippen LogP contribution in [0.5, 0.6) is 5.75 Å². The third-order valence-electron chi connectivity index (χ3n) is 3.46. The van der Waals surface area contributed by atoms with Crippen molar-refractivity contribution in [1.82, 2.24) is 10.3 Å². The van der Waals surface area contributed by atoms with Crippen molar-refractivity contribution in [1.29, 1.82) is 0 Å². The summed E-state index contributed by atoms with van der Waals surface area (Å²) in [5.74, 6) is -0.532. The van der Waals surface area contributed by atoms with E-state index in [1.807, 2.05) is 0 Å². The lowest BCUT2D eigenvalue weighted by Gasteiger charge is -2.13. The standard InChI is InChI=1S/C17H17F3N2O4/c1-10(23)11-6-15(21-7-11)16(25)22-8-13(24)9-26-14-4-2-12(3-5-14)17(18,19)20/h2-7,13,21,24H,8-9H2,1H3,(H,22,25)/t13-/m0/s1. The van der Waals surface area contributed by atoms with Crippen molar-refractivity contribution >= 4 is 11.7 Å². The van der Waals surface area contributed by atoms with E-state index in [2.05, 4.69) is 10.3 Å². The molecule has 0 aliphatic carbocycles. The van der Waals surface area contributed by atoms with E-state index in [0.717, 1.165) is 24.3 Å². The molecule has 0 saturated carbocycles. The molecule has 2 rings (SSSR count). The van der Waals surface area contributed by atoms with E-state index in [0.29, 0.717) is 5.56 Å².